The first-order valence-electron chi connectivity index (χ1n) is 7.15. The average molecular weight is 274 g/mol. The van der Waals surface area contributed by atoms with Gasteiger partial charge in [0, 0.05) is 0 Å². The Bertz CT molecular complexity index is 252. The second-order valence-electron chi connectivity index (χ2n) is 6.93. The molecular formula is C14H30O3Si. The average Bonchev–Trinajstić information content (AvgIpc) is 2.25. The van der Waals surface area contributed by atoms with Gasteiger partial charge in [-0.1, -0.05) is 27.7 Å². The molecule has 3 atom stereocenters. The van der Waals surface area contributed by atoms with Crippen LogP contribution in [0, 0.1) is 0 Å². The van der Waals surface area contributed by atoms with E-state index in [9.17, 15) is 5.11 Å². The first-order valence-corrected chi connectivity index (χ1v) is 10.1. The minimum Gasteiger partial charge on any atom is -0.411 e. The molecule has 1 aliphatic rings. The van der Waals surface area contributed by atoms with Crippen molar-refractivity contribution in [2.24, 2.45) is 0 Å². The number of aliphatic hydroxyl groups excluding tert-OH is 1. The molecule has 4 heteroatoms. The summed E-state index contributed by atoms with van der Waals surface area (Å²) in [5, 5.41) is 9.72. The molecule has 18 heavy (non-hydrogen) atoms. The van der Waals surface area contributed by atoms with Crippen LogP contribution in [-0.4, -0.2) is 38.3 Å². The van der Waals surface area contributed by atoms with Crippen LogP contribution in [0.4, 0.5) is 0 Å². The Kier molecular flexibility index (Phi) is 5.41. The van der Waals surface area contributed by atoms with Gasteiger partial charge in [0.05, 0.1) is 24.9 Å². The summed E-state index contributed by atoms with van der Waals surface area (Å²) in [7, 11) is -1.73. The van der Waals surface area contributed by atoms with Gasteiger partial charge in [-0.2, -0.15) is 0 Å². The van der Waals surface area contributed by atoms with E-state index < -0.39 is 8.32 Å². The maximum Gasteiger partial charge on any atom is 0.192 e. The summed E-state index contributed by atoms with van der Waals surface area (Å²) in [4.78, 5) is 0. The van der Waals surface area contributed by atoms with E-state index in [2.05, 4.69) is 40.8 Å². The smallest absolute Gasteiger partial charge is 0.192 e. The molecule has 0 spiro atoms. The molecule has 0 radical (unpaired) electrons. The van der Waals surface area contributed by atoms with E-state index in [0.717, 1.165) is 19.3 Å². The summed E-state index contributed by atoms with van der Waals surface area (Å²) >= 11 is 0. The molecule has 108 valence electrons. The Labute approximate surface area is 113 Å². The highest BCUT2D eigenvalue weighted by Crippen LogP contribution is 2.38. The molecule has 1 heterocycles. The first kappa shape index (κ1) is 16.2. The van der Waals surface area contributed by atoms with Gasteiger partial charge >= 0.3 is 0 Å². The Morgan fingerprint density at radius 3 is 2.33 bits per heavy atom. The molecule has 1 rings (SSSR count). The molecule has 1 saturated heterocycles. The summed E-state index contributed by atoms with van der Waals surface area (Å²) in [6, 6.07) is 0. The van der Waals surface area contributed by atoms with Crippen LogP contribution in [0.3, 0.4) is 0 Å². The van der Waals surface area contributed by atoms with Crippen molar-refractivity contribution in [3.63, 3.8) is 0 Å². The molecule has 0 saturated carbocycles. The third kappa shape index (κ3) is 4.05. The third-order valence-electron chi connectivity index (χ3n) is 4.36. The molecule has 0 bridgehead atoms. The molecule has 0 aromatic carbocycles. The molecule has 0 amide bonds. The molecular weight excluding hydrogens is 244 g/mol. The summed E-state index contributed by atoms with van der Waals surface area (Å²) < 4.78 is 12.2. The van der Waals surface area contributed by atoms with Gasteiger partial charge in [-0.25, -0.2) is 0 Å². The van der Waals surface area contributed by atoms with Gasteiger partial charge in [-0.15, -0.1) is 0 Å². The predicted octanol–water partition coefficient (Wildman–Crippen LogP) is 3.33. The molecule has 3 nitrogen and oxygen atoms in total. The van der Waals surface area contributed by atoms with E-state index in [1.807, 2.05) is 0 Å². The maximum atomic E-state index is 9.49. The highest BCUT2D eigenvalue weighted by atomic mass is 28.4. The minimum absolute atomic E-state index is 0.160. The topological polar surface area (TPSA) is 38.7 Å². The number of aliphatic hydroxyl groups is 1. The largest absolute Gasteiger partial charge is 0.411 e. The van der Waals surface area contributed by atoms with Crippen molar-refractivity contribution in [3.8, 4) is 0 Å². The van der Waals surface area contributed by atoms with E-state index in [-0.39, 0.29) is 23.4 Å². The fraction of sp³-hybridized carbons (Fsp3) is 1.00. The van der Waals surface area contributed by atoms with Crippen molar-refractivity contribution in [1.82, 2.24) is 0 Å². The van der Waals surface area contributed by atoms with E-state index in [0.29, 0.717) is 6.61 Å². The number of rotatable bonds is 4. The van der Waals surface area contributed by atoms with Gasteiger partial charge in [0.15, 0.2) is 8.32 Å². The lowest BCUT2D eigenvalue weighted by Gasteiger charge is -2.42. The minimum atomic E-state index is -1.73. The quantitative estimate of drug-likeness (QED) is 0.799. The standard InChI is InChI=1S/C14H30O3Si/c1-7-12(13-9-8-11(15)10-16-13)17-18(5,6)14(2,3)4/h11-13,15H,7-10H2,1-6H3. The van der Waals surface area contributed by atoms with E-state index >= 15 is 0 Å². The van der Waals surface area contributed by atoms with Crippen LogP contribution in [0.15, 0.2) is 0 Å². The monoisotopic (exact) mass is 274 g/mol. The SMILES string of the molecule is CCC(O[Si](C)(C)C(C)(C)C)C1CCC(O)CO1. The second-order valence-corrected chi connectivity index (χ2v) is 11.7. The molecule has 0 aliphatic carbocycles. The van der Waals surface area contributed by atoms with Crippen molar-refractivity contribution in [2.75, 3.05) is 6.61 Å². The van der Waals surface area contributed by atoms with Crippen LogP contribution >= 0.6 is 0 Å². The van der Waals surface area contributed by atoms with Gasteiger partial charge in [0.2, 0.25) is 0 Å². The third-order valence-corrected chi connectivity index (χ3v) is 8.86. The van der Waals surface area contributed by atoms with Crippen LogP contribution in [-0.2, 0) is 9.16 Å². The fourth-order valence-electron chi connectivity index (χ4n) is 2.03. The lowest BCUT2D eigenvalue weighted by molar-refractivity contribution is -0.0993. The molecule has 1 aliphatic heterocycles. The van der Waals surface area contributed by atoms with Crippen molar-refractivity contribution >= 4 is 8.32 Å². The number of ether oxygens (including phenoxy) is 1. The van der Waals surface area contributed by atoms with Gasteiger partial charge in [0.25, 0.3) is 0 Å². The van der Waals surface area contributed by atoms with Crippen LogP contribution in [0.1, 0.15) is 47.0 Å². The predicted molar refractivity (Wildman–Crippen MR) is 77.3 cm³/mol. The normalized spacial score (nSPS) is 28.2. The number of hydrogen-bond acceptors (Lipinski definition) is 3. The zero-order chi connectivity index (χ0) is 14.0. The van der Waals surface area contributed by atoms with Gasteiger partial charge in [0.1, 0.15) is 0 Å². The van der Waals surface area contributed by atoms with Crippen LogP contribution < -0.4 is 0 Å². The summed E-state index contributed by atoms with van der Waals surface area (Å²) in [6.45, 7) is 14.0. The zero-order valence-electron chi connectivity index (χ0n) is 12.8. The summed E-state index contributed by atoms with van der Waals surface area (Å²) in [5.74, 6) is 0. The molecule has 0 aromatic heterocycles. The van der Waals surface area contributed by atoms with E-state index in [1.54, 1.807) is 0 Å². The van der Waals surface area contributed by atoms with Crippen molar-refractivity contribution in [2.45, 2.75) is 83.4 Å². The Morgan fingerprint density at radius 2 is 1.94 bits per heavy atom. The van der Waals surface area contributed by atoms with Gasteiger partial charge in [-0.3, -0.25) is 0 Å². The Morgan fingerprint density at radius 1 is 1.33 bits per heavy atom. The highest BCUT2D eigenvalue weighted by molar-refractivity contribution is 6.74. The van der Waals surface area contributed by atoms with E-state index in [4.69, 9.17) is 9.16 Å². The Hall–Kier alpha value is 0.0969. The van der Waals surface area contributed by atoms with Crippen LogP contribution in [0.5, 0.6) is 0 Å². The fourth-order valence-corrected chi connectivity index (χ4v) is 3.46. The second kappa shape index (κ2) is 6.03. The highest BCUT2D eigenvalue weighted by Gasteiger charge is 2.41. The lowest BCUT2D eigenvalue weighted by atomic mass is 10.0. The maximum absolute atomic E-state index is 9.49. The van der Waals surface area contributed by atoms with E-state index in [1.165, 1.54) is 0 Å². The van der Waals surface area contributed by atoms with Crippen LogP contribution in [0.2, 0.25) is 18.1 Å². The van der Waals surface area contributed by atoms with Crippen molar-refractivity contribution < 1.29 is 14.3 Å². The first-order chi connectivity index (χ1) is 8.17. The number of hydrogen-bond donors (Lipinski definition) is 1. The van der Waals surface area contributed by atoms with Gasteiger partial charge < -0.3 is 14.3 Å². The molecule has 1 fully saturated rings. The molecule has 0 aromatic rings. The van der Waals surface area contributed by atoms with Crippen molar-refractivity contribution in [1.29, 1.82) is 0 Å². The zero-order valence-corrected chi connectivity index (χ0v) is 13.8. The summed E-state index contributed by atoms with van der Waals surface area (Å²) in [5.41, 5.74) is 0. The lowest BCUT2D eigenvalue weighted by Crippen LogP contribution is -2.48. The van der Waals surface area contributed by atoms with Crippen molar-refractivity contribution in [3.05, 3.63) is 0 Å². The van der Waals surface area contributed by atoms with Crippen LogP contribution in [0.25, 0.3) is 0 Å². The molecule has 1 N–H and O–H groups in total. The molecule has 3 unspecified atom stereocenters. The Balaban J connectivity index is 2.62. The summed E-state index contributed by atoms with van der Waals surface area (Å²) in [6.07, 6.45) is 2.78. The van der Waals surface area contributed by atoms with Gasteiger partial charge in [-0.05, 0) is 37.4 Å².